The molecule has 1 heterocycles. The minimum absolute atomic E-state index is 0.137. The van der Waals surface area contributed by atoms with Crippen LogP contribution < -0.4 is 0 Å². The van der Waals surface area contributed by atoms with E-state index in [9.17, 15) is 15.0 Å². The Balaban J connectivity index is 2.09. The van der Waals surface area contributed by atoms with Gasteiger partial charge in [0.1, 0.15) is 0 Å². The van der Waals surface area contributed by atoms with Crippen LogP contribution >= 0.6 is 0 Å². The molecule has 0 amide bonds. The van der Waals surface area contributed by atoms with Crippen molar-refractivity contribution in [2.75, 3.05) is 13.1 Å². The van der Waals surface area contributed by atoms with E-state index in [-0.39, 0.29) is 18.1 Å². The molecule has 19 heavy (non-hydrogen) atoms. The summed E-state index contributed by atoms with van der Waals surface area (Å²) in [5.74, 6) is -0.536. The molecule has 0 bridgehead atoms. The Labute approximate surface area is 115 Å². The van der Waals surface area contributed by atoms with Gasteiger partial charge in [0.25, 0.3) is 0 Å². The summed E-state index contributed by atoms with van der Waals surface area (Å²) in [6, 6.07) is 0.169. The zero-order chi connectivity index (χ0) is 14.0. The average molecular weight is 269 g/mol. The van der Waals surface area contributed by atoms with Crippen molar-refractivity contribution in [1.29, 1.82) is 0 Å². The summed E-state index contributed by atoms with van der Waals surface area (Å²) < 4.78 is 0. The lowest BCUT2D eigenvalue weighted by Gasteiger charge is -2.33. The minimum atomic E-state index is -0.673. The Morgan fingerprint density at radius 3 is 2.53 bits per heavy atom. The van der Waals surface area contributed by atoms with E-state index in [4.69, 9.17) is 0 Å². The van der Waals surface area contributed by atoms with Crippen molar-refractivity contribution in [3.63, 3.8) is 0 Å². The Bertz CT molecular complexity index is 331. The number of rotatable bonds is 3. The van der Waals surface area contributed by atoms with Crippen LogP contribution in [-0.4, -0.2) is 46.3 Å². The van der Waals surface area contributed by atoms with Crippen molar-refractivity contribution in [2.45, 2.75) is 64.5 Å². The molecule has 4 heteroatoms. The van der Waals surface area contributed by atoms with Crippen molar-refractivity contribution in [3.05, 3.63) is 0 Å². The summed E-state index contributed by atoms with van der Waals surface area (Å²) in [6.45, 7) is 5.41. The van der Waals surface area contributed by atoms with E-state index >= 15 is 0 Å². The minimum Gasteiger partial charge on any atom is -0.481 e. The van der Waals surface area contributed by atoms with Gasteiger partial charge in [-0.2, -0.15) is 0 Å². The van der Waals surface area contributed by atoms with E-state index in [0.29, 0.717) is 13.0 Å². The molecule has 110 valence electrons. The van der Waals surface area contributed by atoms with Gasteiger partial charge in [-0.25, -0.2) is 0 Å². The second kappa shape index (κ2) is 5.80. The molecule has 1 aliphatic heterocycles. The molecule has 1 saturated heterocycles. The summed E-state index contributed by atoms with van der Waals surface area (Å²) in [7, 11) is 0. The van der Waals surface area contributed by atoms with Crippen LogP contribution in [0, 0.1) is 11.3 Å². The first-order valence-electron chi connectivity index (χ1n) is 7.63. The van der Waals surface area contributed by atoms with Crippen molar-refractivity contribution >= 4 is 5.97 Å². The number of carbonyl (C=O) groups is 1. The van der Waals surface area contributed by atoms with Crippen LogP contribution in [-0.2, 0) is 4.79 Å². The van der Waals surface area contributed by atoms with E-state index in [2.05, 4.69) is 4.90 Å². The molecule has 0 aromatic heterocycles. The van der Waals surface area contributed by atoms with Crippen LogP contribution in [0.15, 0.2) is 0 Å². The lowest BCUT2D eigenvalue weighted by Crippen LogP contribution is -2.45. The Morgan fingerprint density at radius 1 is 1.26 bits per heavy atom. The number of aliphatic hydroxyl groups is 1. The Kier molecular flexibility index (Phi) is 4.51. The molecule has 3 unspecified atom stereocenters. The molecule has 0 radical (unpaired) electrons. The second-order valence-electron chi connectivity index (χ2n) is 6.61. The Hall–Kier alpha value is -0.610. The van der Waals surface area contributed by atoms with Crippen LogP contribution in [0.2, 0.25) is 0 Å². The third-order valence-corrected chi connectivity index (χ3v) is 5.27. The highest BCUT2D eigenvalue weighted by Crippen LogP contribution is 2.40. The number of nitrogens with zero attached hydrogens (tertiary/aromatic N) is 1. The first kappa shape index (κ1) is 14.8. The molecule has 0 aromatic rings. The third kappa shape index (κ3) is 2.79. The molecule has 0 spiro atoms. The predicted octanol–water partition coefficient (Wildman–Crippen LogP) is 2.11. The summed E-state index contributed by atoms with van der Waals surface area (Å²) >= 11 is 0. The highest BCUT2D eigenvalue weighted by atomic mass is 16.4. The molecule has 1 aliphatic carbocycles. The number of hydrogen-bond acceptors (Lipinski definition) is 3. The number of carboxylic acid groups (broad SMARTS) is 1. The van der Waals surface area contributed by atoms with E-state index in [1.165, 1.54) is 6.42 Å². The maximum Gasteiger partial charge on any atom is 0.311 e. The molecular formula is C15H27NO3. The summed E-state index contributed by atoms with van der Waals surface area (Å²) in [5, 5.41) is 19.9. The van der Waals surface area contributed by atoms with Crippen molar-refractivity contribution in [2.24, 2.45) is 11.3 Å². The van der Waals surface area contributed by atoms with Gasteiger partial charge in [0.2, 0.25) is 0 Å². The number of likely N-dealkylation sites (tertiary alicyclic amines) is 1. The smallest absolute Gasteiger partial charge is 0.311 e. The van der Waals surface area contributed by atoms with Gasteiger partial charge in [-0.15, -0.1) is 0 Å². The van der Waals surface area contributed by atoms with Crippen LogP contribution in [0.4, 0.5) is 0 Å². The zero-order valence-corrected chi connectivity index (χ0v) is 12.1. The predicted molar refractivity (Wildman–Crippen MR) is 74.0 cm³/mol. The molecule has 1 saturated carbocycles. The van der Waals surface area contributed by atoms with Crippen molar-refractivity contribution in [1.82, 2.24) is 4.90 Å². The topological polar surface area (TPSA) is 60.8 Å². The van der Waals surface area contributed by atoms with Gasteiger partial charge < -0.3 is 10.2 Å². The summed E-state index contributed by atoms with van der Waals surface area (Å²) in [4.78, 5) is 13.9. The van der Waals surface area contributed by atoms with Gasteiger partial charge in [0, 0.05) is 12.6 Å². The fourth-order valence-corrected chi connectivity index (χ4v) is 3.73. The first-order chi connectivity index (χ1) is 8.97. The van der Waals surface area contributed by atoms with E-state index < -0.39 is 11.4 Å². The summed E-state index contributed by atoms with van der Waals surface area (Å²) in [6.07, 6.45) is 5.75. The maximum absolute atomic E-state index is 11.7. The highest BCUT2D eigenvalue weighted by Gasteiger charge is 2.49. The quantitative estimate of drug-likeness (QED) is 0.770. The van der Waals surface area contributed by atoms with Crippen LogP contribution in [0.5, 0.6) is 0 Å². The molecule has 2 fully saturated rings. The normalized spacial score (nSPS) is 37.5. The molecule has 0 aromatic carbocycles. The third-order valence-electron chi connectivity index (χ3n) is 5.27. The zero-order valence-electron chi connectivity index (χ0n) is 12.1. The van der Waals surface area contributed by atoms with Crippen LogP contribution in [0.3, 0.4) is 0 Å². The lowest BCUT2D eigenvalue weighted by molar-refractivity contribution is -0.151. The van der Waals surface area contributed by atoms with E-state index in [1.807, 2.05) is 13.8 Å². The highest BCUT2D eigenvalue weighted by molar-refractivity contribution is 5.75. The van der Waals surface area contributed by atoms with Gasteiger partial charge in [-0.1, -0.05) is 33.1 Å². The standard InChI is InChI=1S/C15H27NO3/c1-11(2)15(14(18)19)8-9-16(10-15)12-6-4-3-5-7-13(12)17/h11-13,17H,3-10H2,1-2H3,(H,18,19). The molecular weight excluding hydrogens is 242 g/mol. The van der Waals surface area contributed by atoms with Gasteiger partial charge in [-0.05, 0) is 31.7 Å². The fraction of sp³-hybridized carbons (Fsp3) is 0.933. The Morgan fingerprint density at radius 2 is 1.95 bits per heavy atom. The first-order valence-corrected chi connectivity index (χ1v) is 7.63. The number of aliphatic hydroxyl groups excluding tert-OH is 1. The van der Waals surface area contributed by atoms with Gasteiger partial charge in [0.15, 0.2) is 0 Å². The van der Waals surface area contributed by atoms with Gasteiger partial charge >= 0.3 is 5.97 Å². The van der Waals surface area contributed by atoms with E-state index in [0.717, 1.165) is 32.2 Å². The monoisotopic (exact) mass is 269 g/mol. The fourth-order valence-electron chi connectivity index (χ4n) is 3.73. The van der Waals surface area contributed by atoms with Gasteiger partial charge in [-0.3, -0.25) is 9.69 Å². The maximum atomic E-state index is 11.7. The number of hydrogen-bond donors (Lipinski definition) is 2. The second-order valence-corrected chi connectivity index (χ2v) is 6.61. The largest absolute Gasteiger partial charge is 0.481 e. The van der Waals surface area contributed by atoms with Crippen LogP contribution in [0.1, 0.15) is 52.4 Å². The molecule has 4 nitrogen and oxygen atoms in total. The van der Waals surface area contributed by atoms with Gasteiger partial charge in [0.05, 0.1) is 11.5 Å². The number of carboxylic acids is 1. The van der Waals surface area contributed by atoms with Crippen molar-refractivity contribution in [3.8, 4) is 0 Å². The number of aliphatic carboxylic acids is 1. The van der Waals surface area contributed by atoms with Crippen molar-refractivity contribution < 1.29 is 15.0 Å². The molecule has 2 aliphatic rings. The average Bonchev–Trinajstić information content (AvgIpc) is 2.69. The van der Waals surface area contributed by atoms with E-state index in [1.54, 1.807) is 0 Å². The molecule has 3 atom stereocenters. The molecule has 2 N–H and O–H groups in total. The SMILES string of the molecule is CC(C)C1(C(=O)O)CCN(C2CCCCCC2O)C1. The summed E-state index contributed by atoms with van der Waals surface area (Å²) in [5.41, 5.74) is -0.619. The molecule has 2 rings (SSSR count). The van der Waals surface area contributed by atoms with Crippen LogP contribution in [0.25, 0.3) is 0 Å². The lowest BCUT2D eigenvalue weighted by atomic mass is 9.76.